The van der Waals surface area contributed by atoms with Gasteiger partial charge in [0.25, 0.3) is 5.91 Å². The van der Waals surface area contributed by atoms with E-state index in [2.05, 4.69) is 25.6 Å². The van der Waals surface area contributed by atoms with Gasteiger partial charge in [0.2, 0.25) is 0 Å². The highest BCUT2D eigenvalue weighted by atomic mass is 79.9. The predicted molar refractivity (Wildman–Crippen MR) is 255 cm³/mol. The average Bonchev–Trinajstić information content (AvgIpc) is 3.70. The Bertz CT molecular complexity index is 3080. The molecule has 4 saturated heterocycles. The molecule has 362 valence electrons. The van der Waals surface area contributed by atoms with Crippen molar-refractivity contribution in [3.8, 4) is 0 Å². The quantitative estimate of drug-likeness (QED) is 0.105. The fraction of sp³-hybridized carbons (Fsp3) is 0.212. The Morgan fingerprint density at radius 3 is 1.42 bits per heavy atom. The van der Waals surface area contributed by atoms with Crippen molar-refractivity contribution >= 4 is 68.0 Å². The summed E-state index contributed by atoms with van der Waals surface area (Å²) in [7, 11) is 0. The molecule has 4 fully saturated rings. The molecule has 0 saturated carbocycles. The third-order valence-electron chi connectivity index (χ3n) is 12.4. The first-order valence-electron chi connectivity index (χ1n) is 21.5. The number of alkyl halides is 6. The number of benzene rings is 6. The molecule has 1 N–H and O–H groups in total. The monoisotopic (exact) mass is 1040 g/mol. The molecule has 0 aromatic heterocycles. The molecule has 1 atom stereocenters. The maximum Gasteiger partial charge on any atom is 0.416 e. The van der Waals surface area contributed by atoms with Crippen LogP contribution in [0.2, 0.25) is 0 Å². The van der Waals surface area contributed by atoms with Gasteiger partial charge in [0.1, 0.15) is 5.54 Å². The summed E-state index contributed by atoms with van der Waals surface area (Å²) >= 11 is 3.26. The van der Waals surface area contributed by atoms with Crippen LogP contribution in [-0.2, 0) is 32.3 Å². The van der Waals surface area contributed by atoms with Crippen molar-refractivity contribution < 1.29 is 55.3 Å². The number of imide groups is 1. The lowest BCUT2D eigenvalue weighted by Crippen LogP contribution is -2.70. The molecule has 12 nitrogen and oxygen atoms in total. The summed E-state index contributed by atoms with van der Waals surface area (Å²) in [4.78, 5) is 51.6. The number of urea groups is 2. The molecule has 0 bridgehead atoms. The maximum absolute atomic E-state index is 14.0. The molecular weight excluding hydrogens is 998 g/mol. The summed E-state index contributed by atoms with van der Waals surface area (Å²) in [5, 5.41) is 12.4. The summed E-state index contributed by atoms with van der Waals surface area (Å²) in [6, 6.07) is 34.7. The van der Waals surface area contributed by atoms with E-state index in [1.165, 1.54) is 45.0 Å². The number of aryl methyl sites for hydroxylation is 2. The van der Waals surface area contributed by atoms with Gasteiger partial charge in [0.15, 0.2) is 22.6 Å². The highest BCUT2D eigenvalue weighted by Crippen LogP contribution is 2.54. The zero-order chi connectivity index (χ0) is 51.1. The van der Waals surface area contributed by atoms with E-state index in [0.717, 1.165) is 44.8 Å². The van der Waals surface area contributed by atoms with Gasteiger partial charge in [-0.25, -0.2) is 24.2 Å². The normalized spacial score (nSPS) is 18.7. The molecule has 0 aliphatic carbocycles. The van der Waals surface area contributed by atoms with Crippen LogP contribution in [0.4, 0.5) is 70.1 Å². The van der Waals surface area contributed by atoms with Crippen LogP contribution in [0.5, 0.6) is 0 Å². The lowest BCUT2D eigenvalue weighted by Gasteiger charge is -2.52. The lowest BCUT2D eigenvalue weighted by atomic mass is 9.78. The maximum atomic E-state index is 14.0. The Balaban J connectivity index is 0.000000166. The predicted octanol–water partition coefficient (Wildman–Crippen LogP) is 12.4. The number of anilines is 4. The fourth-order valence-electron chi connectivity index (χ4n) is 8.60. The Hall–Kier alpha value is -7.55. The van der Waals surface area contributed by atoms with E-state index in [1.54, 1.807) is 78.9 Å². The van der Waals surface area contributed by atoms with Gasteiger partial charge in [-0.2, -0.15) is 26.3 Å². The van der Waals surface area contributed by atoms with Crippen LogP contribution in [0.15, 0.2) is 150 Å². The highest BCUT2D eigenvalue weighted by molar-refractivity contribution is 9.10. The summed E-state index contributed by atoms with van der Waals surface area (Å²) < 4.78 is 89.6. The van der Waals surface area contributed by atoms with Crippen LogP contribution in [0.25, 0.3) is 9.69 Å². The highest BCUT2D eigenvalue weighted by Gasteiger charge is 2.72. The first-order chi connectivity index (χ1) is 33.7. The van der Waals surface area contributed by atoms with Gasteiger partial charge < -0.3 is 14.6 Å². The Kier molecular flexibility index (Phi) is 13.3. The van der Waals surface area contributed by atoms with E-state index >= 15 is 0 Å². The summed E-state index contributed by atoms with van der Waals surface area (Å²) in [5.41, 5.74) is -1.80. The number of aliphatic hydroxyl groups is 1. The second-order valence-electron chi connectivity index (χ2n) is 16.9. The van der Waals surface area contributed by atoms with Gasteiger partial charge >= 0.3 is 24.4 Å². The fourth-order valence-corrected chi connectivity index (χ4v) is 8.98. The molecule has 71 heavy (non-hydrogen) atoms. The number of ether oxygens (including phenoxy) is 2. The first-order valence-corrected chi connectivity index (χ1v) is 22.3. The van der Waals surface area contributed by atoms with Crippen molar-refractivity contribution in [2.45, 2.75) is 43.0 Å². The Morgan fingerprint density at radius 2 is 1.00 bits per heavy atom. The summed E-state index contributed by atoms with van der Waals surface area (Å²) in [6.07, 6.45) is -9.01. The van der Waals surface area contributed by atoms with Crippen molar-refractivity contribution in [1.29, 1.82) is 0 Å². The third kappa shape index (κ3) is 8.98. The van der Waals surface area contributed by atoms with E-state index in [4.69, 9.17) is 22.6 Å². The van der Waals surface area contributed by atoms with E-state index < -0.39 is 58.3 Å². The standard InChI is InChI=1S/C26H20F3N3O3.C19H15F3N2O3.C7H4BrN/c1-17-6-10-22(11-7-17)32-23(33)31(21-12-8-18(9-13-21)26(27,28)29)24(15-35-16-24)25(32,34)19-4-3-5-20(14-19)30-2;1-12-2-6-14(7-3-12)23-16(25)18(10-27-11-18)24(17(23)26)15-8-4-13(5-9-15)19(20,21)22;1-9-7-4-2-3-6(8)5-7/h3-14,34H,15-16H2,1H3;2-9H,10-11H2,1H3;2-5H. The third-order valence-corrected chi connectivity index (χ3v) is 12.9. The number of hydrogen-bond acceptors (Lipinski definition) is 6. The van der Waals surface area contributed by atoms with E-state index in [9.17, 15) is 45.8 Å². The molecule has 6 aromatic carbocycles. The van der Waals surface area contributed by atoms with E-state index in [0.29, 0.717) is 22.6 Å². The molecule has 1 unspecified atom stereocenters. The van der Waals surface area contributed by atoms with Crippen LogP contribution in [0.1, 0.15) is 27.8 Å². The second-order valence-corrected chi connectivity index (χ2v) is 17.9. The van der Waals surface area contributed by atoms with E-state index in [1.807, 2.05) is 26.0 Å². The van der Waals surface area contributed by atoms with Crippen molar-refractivity contribution in [1.82, 2.24) is 0 Å². The SMILES string of the molecule is Cc1ccc(N2C(=O)N(c3ccc(C(F)(F)F)cc3)C3(COC3)C2=O)cc1.[C-]#[N+]c1cccc(Br)c1.[C-]#[N+]c1cccc(C2(O)N(c3ccc(C)cc3)C(=O)N(c3ccc(C(F)(F)F)cc3)C23COC3)c1. The largest absolute Gasteiger partial charge is 0.416 e. The Morgan fingerprint density at radius 1 is 0.563 bits per heavy atom. The minimum atomic E-state index is -4.53. The van der Waals surface area contributed by atoms with Gasteiger partial charge in [-0.15, -0.1) is 0 Å². The zero-order valence-electron chi connectivity index (χ0n) is 37.5. The smallest absolute Gasteiger partial charge is 0.376 e. The van der Waals surface area contributed by atoms with Gasteiger partial charge in [-0.05, 0) is 104 Å². The number of carbonyl (C=O) groups excluding carboxylic acids is 3. The topological polar surface area (TPSA) is 112 Å². The molecule has 2 spiro atoms. The van der Waals surface area contributed by atoms with Crippen LogP contribution in [0.3, 0.4) is 0 Å². The minimum absolute atomic E-state index is 0.000949. The van der Waals surface area contributed by atoms with Gasteiger partial charge in [0, 0.05) is 21.5 Å². The molecule has 4 aliphatic rings. The molecule has 6 aromatic rings. The van der Waals surface area contributed by atoms with Crippen molar-refractivity contribution in [3.63, 3.8) is 0 Å². The molecule has 5 amide bonds. The minimum Gasteiger partial charge on any atom is -0.376 e. The van der Waals surface area contributed by atoms with Crippen molar-refractivity contribution in [2.75, 3.05) is 46.0 Å². The number of carbonyl (C=O) groups is 3. The number of nitrogens with zero attached hydrogens (tertiary/aromatic N) is 6. The van der Waals surface area contributed by atoms with E-state index in [-0.39, 0.29) is 43.5 Å². The number of hydrogen-bond donors (Lipinski definition) is 1. The molecule has 19 heteroatoms. The van der Waals surface area contributed by atoms with Gasteiger partial charge in [-0.3, -0.25) is 19.5 Å². The molecule has 0 radical (unpaired) electrons. The second kappa shape index (κ2) is 19.0. The Labute approximate surface area is 411 Å². The molecule has 10 rings (SSSR count). The number of rotatable bonds is 5. The van der Waals surface area contributed by atoms with Crippen LogP contribution in [-0.4, -0.2) is 60.6 Å². The number of amides is 5. The zero-order valence-corrected chi connectivity index (χ0v) is 39.1. The summed E-state index contributed by atoms with van der Waals surface area (Å²) in [6.45, 7) is 17.7. The summed E-state index contributed by atoms with van der Waals surface area (Å²) in [5.74, 6) is -0.442. The molecule has 4 heterocycles. The molecular formula is C52H39BrF6N6O6. The average molecular weight is 1040 g/mol. The first kappa shape index (κ1) is 49.9. The number of halogens is 7. The van der Waals surface area contributed by atoms with Crippen LogP contribution < -0.4 is 19.6 Å². The van der Waals surface area contributed by atoms with Crippen molar-refractivity contribution in [2.24, 2.45) is 0 Å². The lowest BCUT2D eigenvalue weighted by molar-refractivity contribution is -0.153. The molecule has 4 aliphatic heterocycles. The van der Waals surface area contributed by atoms with Crippen LogP contribution in [0, 0.1) is 27.0 Å². The van der Waals surface area contributed by atoms with Crippen molar-refractivity contribution in [3.05, 3.63) is 201 Å². The van der Waals surface area contributed by atoms with Crippen LogP contribution >= 0.6 is 15.9 Å². The van der Waals surface area contributed by atoms with Gasteiger partial charge in [0.05, 0.1) is 56.4 Å². The van der Waals surface area contributed by atoms with Gasteiger partial charge in [-0.1, -0.05) is 87.7 Å².